The van der Waals surface area contributed by atoms with Gasteiger partial charge in [0.15, 0.2) is 0 Å². The van der Waals surface area contributed by atoms with E-state index in [1.807, 2.05) is 12.1 Å². The van der Waals surface area contributed by atoms with Crippen LogP contribution in [-0.2, 0) is 10.0 Å². The van der Waals surface area contributed by atoms with Crippen LogP contribution in [0, 0.1) is 3.57 Å². The summed E-state index contributed by atoms with van der Waals surface area (Å²) >= 11 is 7.60. The molecule has 1 aromatic carbocycles. The quantitative estimate of drug-likeness (QED) is 0.649. The summed E-state index contributed by atoms with van der Waals surface area (Å²) in [5.41, 5.74) is 0.588. The standard InChI is InChI=1S/C9H11ClINO2S/c10-6-1-7-15(13,14)12-9-4-2-8(11)3-5-9/h2-5,12H,1,6-7H2. The van der Waals surface area contributed by atoms with Gasteiger partial charge in [-0.1, -0.05) is 0 Å². The van der Waals surface area contributed by atoms with Crippen molar-refractivity contribution in [2.45, 2.75) is 6.42 Å². The van der Waals surface area contributed by atoms with Crippen LogP contribution in [0.3, 0.4) is 0 Å². The van der Waals surface area contributed by atoms with Crippen molar-refractivity contribution in [3.8, 4) is 0 Å². The second-order valence-corrected chi connectivity index (χ2v) is 6.44. The second kappa shape index (κ2) is 5.91. The molecule has 0 saturated carbocycles. The molecule has 0 amide bonds. The summed E-state index contributed by atoms with van der Waals surface area (Å²) in [6.45, 7) is 0. The van der Waals surface area contributed by atoms with Crippen molar-refractivity contribution in [3.63, 3.8) is 0 Å². The van der Waals surface area contributed by atoms with Gasteiger partial charge in [-0.25, -0.2) is 8.42 Å². The molecule has 0 aromatic heterocycles. The van der Waals surface area contributed by atoms with Crippen molar-refractivity contribution >= 4 is 49.9 Å². The van der Waals surface area contributed by atoms with Crippen LogP contribution in [0.25, 0.3) is 0 Å². The number of hydrogen-bond donors (Lipinski definition) is 1. The average Bonchev–Trinajstić information content (AvgIpc) is 2.18. The summed E-state index contributed by atoms with van der Waals surface area (Å²) in [6.07, 6.45) is 0.460. The Hall–Kier alpha value is -0.0100. The number of anilines is 1. The third kappa shape index (κ3) is 5.03. The number of alkyl halides is 1. The lowest BCUT2D eigenvalue weighted by Gasteiger charge is -2.06. The van der Waals surface area contributed by atoms with E-state index in [2.05, 4.69) is 27.3 Å². The summed E-state index contributed by atoms with van der Waals surface area (Å²) in [6, 6.07) is 7.17. The highest BCUT2D eigenvalue weighted by molar-refractivity contribution is 14.1. The highest BCUT2D eigenvalue weighted by Gasteiger charge is 2.09. The predicted octanol–water partition coefficient (Wildman–Crippen LogP) is 2.66. The van der Waals surface area contributed by atoms with Gasteiger partial charge in [0.1, 0.15) is 0 Å². The van der Waals surface area contributed by atoms with Gasteiger partial charge in [0.25, 0.3) is 0 Å². The molecule has 0 aliphatic rings. The first-order valence-corrected chi connectivity index (χ1v) is 7.62. The van der Waals surface area contributed by atoms with Crippen molar-refractivity contribution in [2.75, 3.05) is 16.4 Å². The minimum Gasteiger partial charge on any atom is -0.284 e. The SMILES string of the molecule is O=S(=O)(CCCCl)Nc1ccc(I)cc1. The third-order valence-corrected chi connectivity index (χ3v) is 4.02. The molecule has 0 bridgehead atoms. The van der Waals surface area contributed by atoms with E-state index in [0.29, 0.717) is 18.0 Å². The van der Waals surface area contributed by atoms with Crippen molar-refractivity contribution in [1.29, 1.82) is 0 Å². The van der Waals surface area contributed by atoms with Gasteiger partial charge >= 0.3 is 0 Å². The van der Waals surface area contributed by atoms with Gasteiger partial charge in [-0.05, 0) is 53.3 Å². The number of hydrogen-bond acceptors (Lipinski definition) is 2. The van der Waals surface area contributed by atoms with E-state index in [9.17, 15) is 8.42 Å². The van der Waals surface area contributed by atoms with Crippen molar-refractivity contribution in [3.05, 3.63) is 27.8 Å². The summed E-state index contributed by atoms with van der Waals surface area (Å²) in [4.78, 5) is 0. The molecule has 84 valence electrons. The van der Waals surface area contributed by atoms with E-state index in [0.717, 1.165) is 3.57 Å². The molecule has 1 N–H and O–H groups in total. The normalized spacial score (nSPS) is 11.3. The molecular formula is C9H11ClINO2S. The molecule has 0 fully saturated rings. The maximum absolute atomic E-state index is 11.5. The van der Waals surface area contributed by atoms with E-state index < -0.39 is 10.0 Å². The first-order valence-electron chi connectivity index (χ1n) is 4.35. The molecule has 0 heterocycles. The Morgan fingerprint density at radius 3 is 2.40 bits per heavy atom. The van der Waals surface area contributed by atoms with Gasteiger partial charge < -0.3 is 0 Å². The van der Waals surface area contributed by atoms with Gasteiger partial charge in [-0.3, -0.25) is 4.72 Å². The highest BCUT2D eigenvalue weighted by Crippen LogP contribution is 2.13. The Morgan fingerprint density at radius 1 is 1.27 bits per heavy atom. The van der Waals surface area contributed by atoms with Crippen molar-refractivity contribution in [2.24, 2.45) is 0 Å². The summed E-state index contributed by atoms with van der Waals surface area (Å²) in [5, 5.41) is 0. The van der Waals surface area contributed by atoms with Gasteiger partial charge in [-0.15, -0.1) is 11.6 Å². The Morgan fingerprint density at radius 2 is 1.87 bits per heavy atom. The molecular weight excluding hydrogens is 349 g/mol. The van der Waals surface area contributed by atoms with Crippen LogP contribution in [0.15, 0.2) is 24.3 Å². The average molecular weight is 360 g/mol. The number of sulfonamides is 1. The Balaban J connectivity index is 2.65. The molecule has 0 saturated heterocycles. The van der Waals surface area contributed by atoms with E-state index in [4.69, 9.17) is 11.6 Å². The lowest BCUT2D eigenvalue weighted by molar-refractivity contribution is 0.600. The van der Waals surface area contributed by atoms with Crippen LogP contribution in [0.5, 0.6) is 0 Å². The maximum atomic E-state index is 11.5. The van der Waals surface area contributed by atoms with Crippen molar-refractivity contribution in [1.82, 2.24) is 0 Å². The molecule has 0 atom stereocenters. The lowest BCUT2D eigenvalue weighted by Crippen LogP contribution is -2.16. The predicted molar refractivity (Wildman–Crippen MR) is 71.9 cm³/mol. The molecule has 1 rings (SSSR count). The molecule has 6 heteroatoms. The first kappa shape index (κ1) is 13.1. The molecule has 3 nitrogen and oxygen atoms in total. The fraction of sp³-hybridized carbons (Fsp3) is 0.333. The number of benzene rings is 1. The zero-order valence-corrected chi connectivity index (χ0v) is 11.6. The zero-order valence-electron chi connectivity index (χ0n) is 7.91. The van der Waals surface area contributed by atoms with Crippen LogP contribution in [-0.4, -0.2) is 20.1 Å². The Kier molecular flexibility index (Phi) is 5.14. The van der Waals surface area contributed by atoms with E-state index >= 15 is 0 Å². The van der Waals surface area contributed by atoms with E-state index in [1.165, 1.54) is 0 Å². The third-order valence-electron chi connectivity index (χ3n) is 1.66. The Labute approximate surface area is 108 Å². The van der Waals surface area contributed by atoms with Crippen LogP contribution < -0.4 is 4.72 Å². The first-order chi connectivity index (χ1) is 7.03. The molecule has 0 radical (unpaired) electrons. The number of nitrogens with one attached hydrogen (secondary N) is 1. The zero-order chi connectivity index (χ0) is 11.3. The smallest absolute Gasteiger partial charge is 0.232 e. The lowest BCUT2D eigenvalue weighted by atomic mass is 10.3. The van der Waals surface area contributed by atoms with Crippen LogP contribution in [0.2, 0.25) is 0 Å². The van der Waals surface area contributed by atoms with Crippen LogP contribution in [0.1, 0.15) is 6.42 Å². The second-order valence-electron chi connectivity index (χ2n) is 2.97. The highest BCUT2D eigenvalue weighted by atomic mass is 127. The number of rotatable bonds is 5. The topological polar surface area (TPSA) is 46.2 Å². The monoisotopic (exact) mass is 359 g/mol. The summed E-state index contributed by atoms with van der Waals surface area (Å²) < 4.78 is 26.5. The fourth-order valence-electron chi connectivity index (χ4n) is 0.993. The molecule has 0 aliphatic carbocycles. The van der Waals surface area contributed by atoms with Crippen LogP contribution in [0.4, 0.5) is 5.69 Å². The van der Waals surface area contributed by atoms with Gasteiger partial charge in [0.2, 0.25) is 10.0 Å². The van der Waals surface area contributed by atoms with Gasteiger partial charge in [0, 0.05) is 15.1 Å². The maximum Gasteiger partial charge on any atom is 0.232 e. The van der Waals surface area contributed by atoms with Gasteiger partial charge in [-0.2, -0.15) is 0 Å². The van der Waals surface area contributed by atoms with E-state index in [-0.39, 0.29) is 5.75 Å². The van der Waals surface area contributed by atoms with E-state index in [1.54, 1.807) is 12.1 Å². The molecule has 0 aliphatic heterocycles. The molecule has 0 spiro atoms. The molecule has 0 unspecified atom stereocenters. The largest absolute Gasteiger partial charge is 0.284 e. The minimum absolute atomic E-state index is 0.0580. The summed E-state index contributed by atoms with van der Waals surface area (Å²) in [7, 11) is -3.25. The van der Waals surface area contributed by atoms with Gasteiger partial charge in [0.05, 0.1) is 5.75 Å². The molecule has 15 heavy (non-hydrogen) atoms. The number of halogens is 2. The minimum atomic E-state index is -3.25. The summed E-state index contributed by atoms with van der Waals surface area (Å²) in [5.74, 6) is 0.413. The fourth-order valence-corrected chi connectivity index (χ4v) is 2.77. The molecule has 1 aromatic rings. The Bertz CT molecular complexity index is 405. The van der Waals surface area contributed by atoms with Crippen LogP contribution >= 0.6 is 34.2 Å². The van der Waals surface area contributed by atoms with Crippen molar-refractivity contribution < 1.29 is 8.42 Å².